The second kappa shape index (κ2) is 5.93. The lowest BCUT2D eigenvalue weighted by atomic mass is 9.98. The zero-order valence-electron chi connectivity index (χ0n) is 11.8. The van der Waals surface area contributed by atoms with Crippen LogP contribution in [0.1, 0.15) is 30.7 Å². The molecule has 3 heteroatoms. The van der Waals surface area contributed by atoms with Gasteiger partial charge in [-0.15, -0.1) is 0 Å². The van der Waals surface area contributed by atoms with Crippen LogP contribution in [0.4, 0.5) is 0 Å². The number of nitrogens with zero attached hydrogens (tertiary/aromatic N) is 1. The largest absolute Gasteiger partial charge is 0.489 e. The molecular formula is C16H24N2O. The lowest BCUT2D eigenvalue weighted by molar-refractivity contribution is 0.104. The summed E-state index contributed by atoms with van der Waals surface area (Å²) in [5.41, 5.74) is 1.42. The maximum Gasteiger partial charge on any atom is 0.120 e. The summed E-state index contributed by atoms with van der Waals surface area (Å²) in [5.74, 6) is 1.71. The van der Waals surface area contributed by atoms with E-state index in [1.54, 1.807) is 0 Å². The van der Waals surface area contributed by atoms with Crippen molar-refractivity contribution in [2.45, 2.75) is 31.3 Å². The van der Waals surface area contributed by atoms with Crippen LogP contribution in [0.25, 0.3) is 0 Å². The molecule has 1 aromatic carbocycles. The van der Waals surface area contributed by atoms with Crippen molar-refractivity contribution in [1.29, 1.82) is 0 Å². The predicted octanol–water partition coefficient (Wildman–Crippen LogP) is 2.24. The van der Waals surface area contributed by atoms with E-state index in [9.17, 15) is 0 Å². The van der Waals surface area contributed by atoms with Gasteiger partial charge in [-0.3, -0.25) is 0 Å². The van der Waals surface area contributed by atoms with Crippen molar-refractivity contribution in [2.24, 2.45) is 0 Å². The lowest BCUT2D eigenvalue weighted by Crippen LogP contribution is -2.38. The summed E-state index contributed by atoms with van der Waals surface area (Å²) < 4.78 is 6.16. The van der Waals surface area contributed by atoms with Crippen LogP contribution < -0.4 is 10.1 Å². The van der Waals surface area contributed by atoms with Crippen molar-refractivity contribution >= 4 is 0 Å². The highest BCUT2D eigenvalue weighted by atomic mass is 16.5. The first-order valence-corrected chi connectivity index (χ1v) is 7.47. The van der Waals surface area contributed by atoms with E-state index in [-0.39, 0.29) is 0 Å². The third-order valence-electron chi connectivity index (χ3n) is 4.27. The number of hydrogen-bond donors (Lipinski definition) is 1. The van der Waals surface area contributed by atoms with Crippen LogP contribution in [0, 0.1) is 0 Å². The molecule has 0 spiro atoms. The monoisotopic (exact) mass is 260 g/mol. The molecule has 2 aliphatic rings. The standard InChI is InChI=1S/C16H24N2O/c1-18-9-3-6-16(12-18)19-15-5-2-4-13(10-15)14-7-8-17-11-14/h2,4-5,10,14,16-17H,3,6-9,11-12H2,1H3. The van der Waals surface area contributed by atoms with Crippen molar-refractivity contribution in [1.82, 2.24) is 10.2 Å². The molecule has 2 heterocycles. The molecule has 19 heavy (non-hydrogen) atoms. The molecule has 0 saturated carbocycles. The van der Waals surface area contributed by atoms with Gasteiger partial charge in [0, 0.05) is 13.1 Å². The second-order valence-corrected chi connectivity index (χ2v) is 5.91. The van der Waals surface area contributed by atoms with Crippen LogP contribution >= 0.6 is 0 Å². The molecule has 104 valence electrons. The molecule has 0 radical (unpaired) electrons. The highest BCUT2D eigenvalue weighted by molar-refractivity contribution is 5.31. The molecule has 1 aromatic rings. The molecule has 3 rings (SSSR count). The Morgan fingerprint density at radius 3 is 3.05 bits per heavy atom. The van der Waals surface area contributed by atoms with Gasteiger partial charge in [-0.1, -0.05) is 12.1 Å². The Bertz CT molecular complexity index is 415. The summed E-state index contributed by atoms with van der Waals surface area (Å²) in [6.07, 6.45) is 4.03. The fourth-order valence-corrected chi connectivity index (χ4v) is 3.19. The van der Waals surface area contributed by atoms with Gasteiger partial charge in [-0.25, -0.2) is 0 Å². The van der Waals surface area contributed by atoms with Gasteiger partial charge in [0.25, 0.3) is 0 Å². The Balaban J connectivity index is 1.65. The lowest BCUT2D eigenvalue weighted by Gasteiger charge is -2.30. The van der Waals surface area contributed by atoms with Crippen molar-refractivity contribution in [2.75, 3.05) is 33.2 Å². The number of likely N-dealkylation sites (tertiary alicyclic amines) is 1. The third kappa shape index (κ3) is 3.28. The SMILES string of the molecule is CN1CCCC(Oc2cccc(C3CCNC3)c2)C1. The average Bonchev–Trinajstić information content (AvgIpc) is 2.93. The van der Waals surface area contributed by atoms with E-state index < -0.39 is 0 Å². The summed E-state index contributed by atoms with van der Waals surface area (Å²) in [7, 11) is 2.18. The number of piperidine rings is 1. The molecule has 1 N–H and O–H groups in total. The number of hydrogen-bond acceptors (Lipinski definition) is 3. The van der Waals surface area contributed by atoms with E-state index in [1.807, 2.05) is 0 Å². The summed E-state index contributed by atoms with van der Waals surface area (Å²) in [5, 5.41) is 3.43. The molecule has 0 bridgehead atoms. The number of nitrogens with one attached hydrogen (secondary N) is 1. The van der Waals surface area contributed by atoms with Gasteiger partial charge >= 0.3 is 0 Å². The van der Waals surface area contributed by atoms with Crippen LogP contribution in [-0.2, 0) is 0 Å². The Morgan fingerprint density at radius 1 is 1.32 bits per heavy atom. The van der Waals surface area contributed by atoms with Gasteiger partial charge in [0.1, 0.15) is 11.9 Å². The van der Waals surface area contributed by atoms with E-state index in [0.29, 0.717) is 12.0 Å². The number of likely N-dealkylation sites (N-methyl/N-ethyl adjacent to an activating group) is 1. The Kier molecular flexibility index (Phi) is 4.04. The molecule has 2 fully saturated rings. The molecule has 3 nitrogen and oxygen atoms in total. The normalized spacial score (nSPS) is 28.5. The minimum absolute atomic E-state index is 0.357. The van der Waals surface area contributed by atoms with Gasteiger partial charge in [0.2, 0.25) is 0 Å². The Labute approximate surface area is 115 Å². The van der Waals surface area contributed by atoms with E-state index in [0.717, 1.165) is 25.4 Å². The maximum atomic E-state index is 6.16. The molecule has 2 aliphatic heterocycles. The summed E-state index contributed by atoms with van der Waals surface area (Å²) in [4.78, 5) is 2.36. The van der Waals surface area contributed by atoms with E-state index >= 15 is 0 Å². The van der Waals surface area contributed by atoms with Gasteiger partial charge < -0.3 is 15.0 Å². The minimum Gasteiger partial charge on any atom is -0.489 e. The first kappa shape index (κ1) is 12.9. The fourth-order valence-electron chi connectivity index (χ4n) is 3.19. The minimum atomic E-state index is 0.357. The number of benzene rings is 1. The van der Waals surface area contributed by atoms with Gasteiger partial charge in [0.05, 0.1) is 0 Å². The summed E-state index contributed by atoms with van der Waals surface area (Å²) >= 11 is 0. The molecule has 0 aromatic heterocycles. The molecular weight excluding hydrogens is 236 g/mol. The van der Waals surface area contributed by atoms with Crippen molar-refractivity contribution in [3.8, 4) is 5.75 Å². The van der Waals surface area contributed by atoms with Crippen LogP contribution in [0.3, 0.4) is 0 Å². The highest BCUT2D eigenvalue weighted by Gasteiger charge is 2.20. The first-order valence-electron chi connectivity index (χ1n) is 7.47. The van der Waals surface area contributed by atoms with E-state index in [4.69, 9.17) is 4.74 Å². The Morgan fingerprint density at radius 2 is 2.26 bits per heavy atom. The first-order chi connectivity index (χ1) is 9.31. The maximum absolute atomic E-state index is 6.16. The van der Waals surface area contributed by atoms with Gasteiger partial charge in [0.15, 0.2) is 0 Å². The number of rotatable bonds is 3. The van der Waals surface area contributed by atoms with Gasteiger partial charge in [-0.2, -0.15) is 0 Å². The Hall–Kier alpha value is -1.06. The zero-order valence-corrected chi connectivity index (χ0v) is 11.8. The van der Waals surface area contributed by atoms with E-state index in [2.05, 4.69) is 41.5 Å². The fraction of sp³-hybridized carbons (Fsp3) is 0.625. The predicted molar refractivity (Wildman–Crippen MR) is 77.8 cm³/mol. The summed E-state index contributed by atoms with van der Waals surface area (Å²) in [6, 6.07) is 8.71. The topological polar surface area (TPSA) is 24.5 Å². The van der Waals surface area contributed by atoms with Gasteiger partial charge in [-0.05, 0) is 63.0 Å². The quantitative estimate of drug-likeness (QED) is 0.902. The van der Waals surface area contributed by atoms with Crippen LogP contribution in [0.2, 0.25) is 0 Å². The average molecular weight is 260 g/mol. The highest BCUT2D eigenvalue weighted by Crippen LogP contribution is 2.26. The molecule has 0 amide bonds. The smallest absolute Gasteiger partial charge is 0.120 e. The van der Waals surface area contributed by atoms with Crippen molar-refractivity contribution in [3.63, 3.8) is 0 Å². The molecule has 2 unspecified atom stereocenters. The van der Waals surface area contributed by atoms with Crippen molar-refractivity contribution in [3.05, 3.63) is 29.8 Å². The van der Waals surface area contributed by atoms with Crippen LogP contribution in [-0.4, -0.2) is 44.2 Å². The second-order valence-electron chi connectivity index (χ2n) is 5.91. The van der Waals surface area contributed by atoms with E-state index in [1.165, 1.54) is 31.4 Å². The number of ether oxygens (including phenoxy) is 1. The summed E-state index contributed by atoms with van der Waals surface area (Å²) in [6.45, 7) is 4.50. The van der Waals surface area contributed by atoms with Crippen LogP contribution in [0.5, 0.6) is 5.75 Å². The van der Waals surface area contributed by atoms with Crippen LogP contribution in [0.15, 0.2) is 24.3 Å². The molecule has 2 saturated heterocycles. The molecule has 0 aliphatic carbocycles. The third-order valence-corrected chi connectivity index (χ3v) is 4.27. The molecule has 2 atom stereocenters. The van der Waals surface area contributed by atoms with Crippen molar-refractivity contribution < 1.29 is 4.74 Å². The zero-order chi connectivity index (χ0) is 13.1.